The molecule has 12 heteroatoms. The van der Waals surface area contributed by atoms with E-state index in [1.165, 1.54) is 35.7 Å². The Balaban J connectivity index is 1.60. The molecule has 5 rings (SSSR count). The molecule has 0 radical (unpaired) electrons. The van der Waals surface area contributed by atoms with Crippen LogP contribution < -0.4 is 15.2 Å². The maximum Gasteiger partial charge on any atom is 0.412 e. The number of halogens is 1. The quantitative estimate of drug-likeness (QED) is 0.232. The SMILES string of the molecule is COc1cc2c(C(=O)OC(N)=O)c(-c3ccc(Oc4ccc(F)cc4)cc3)oc2cc1C1CCCN1S(C)(=O)=O. The van der Waals surface area contributed by atoms with Gasteiger partial charge in [-0.05, 0) is 73.5 Å². The summed E-state index contributed by atoms with van der Waals surface area (Å²) in [5.41, 5.74) is 6.35. The fourth-order valence-corrected chi connectivity index (χ4v) is 6.03. The van der Waals surface area contributed by atoms with E-state index < -0.39 is 28.1 Å². The van der Waals surface area contributed by atoms with E-state index in [-0.39, 0.29) is 28.1 Å². The van der Waals surface area contributed by atoms with Crippen molar-refractivity contribution in [1.29, 1.82) is 0 Å². The van der Waals surface area contributed by atoms with Gasteiger partial charge in [-0.2, -0.15) is 4.31 Å². The van der Waals surface area contributed by atoms with Gasteiger partial charge >= 0.3 is 12.1 Å². The monoisotopic (exact) mass is 568 g/mol. The highest BCUT2D eigenvalue weighted by Crippen LogP contribution is 2.43. The van der Waals surface area contributed by atoms with Gasteiger partial charge in [0.15, 0.2) is 0 Å². The zero-order valence-electron chi connectivity index (χ0n) is 21.5. The Morgan fingerprint density at radius 1 is 1.05 bits per heavy atom. The van der Waals surface area contributed by atoms with Crippen LogP contribution in [-0.4, -0.2) is 44.7 Å². The molecule has 0 spiro atoms. The summed E-state index contributed by atoms with van der Waals surface area (Å²) in [4.78, 5) is 24.4. The first-order valence-electron chi connectivity index (χ1n) is 12.2. The Kier molecular flexibility index (Phi) is 7.21. The Labute approximate surface area is 229 Å². The van der Waals surface area contributed by atoms with Crippen LogP contribution in [0.4, 0.5) is 9.18 Å². The summed E-state index contributed by atoms with van der Waals surface area (Å²) in [6.07, 6.45) is 1.12. The Morgan fingerprint density at radius 3 is 2.30 bits per heavy atom. The van der Waals surface area contributed by atoms with E-state index in [0.717, 1.165) is 6.26 Å². The lowest BCUT2D eigenvalue weighted by atomic mass is 10.00. The first-order chi connectivity index (χ1) is 19.0. The third kappa shape index (κ3) is 5.36. The van der Waals surface area contributed by atoms with Gasteiger partial charge in [-0.25, -0.2) is 22.4 Å². The molecule has 0 aliphatic carbocycles. The minimum Gasteiger partial charge on any atom is -0.496 e. The van der Waals surface area contributed by atoms with Crippen LogP contribution in [0.3, 0.4) is 0 Å². The summed E-state index contributed by atoms with van der Waals surface area (Å²) in [6.45, 7) is 0.372. The molecule has 2 N–H and O–H groups in total. The second-order valence-electron chi connectivity index (χ2n) is 9.22. The largest absolute Gasteiger partial charge is 0.496 e. The minimum atomic E-state index is -3.49. The molecule has 1 unspecified atom stereocenters. The number of carbonyl (C=O) groups excluding carboxylic acids is 2. The lowest BCUT2D eigenvalue weighted by molar-refractivity contribution is 0.0640. The second-order valence-corrected chi connectivity index (χ2v) is 11.2. The number of nitrogens with two attached hydrogens (primary N) is 1. The first-order valence-corrected chi connectivity index (χ1v) is 14.1. The summed E-state index contributed by atoms with van der Waals surface area (Å²) in [5, 5.41) is 0.289. The van der Waals surface area contributed by atoms with Gasteiger partial charge in [0.2, 0.25) is 10.0 Å². The molecular weight excluding hydrogens is 543 g/mol. The van der Waals surface area contributed by atoms with Gasteiger partial charge < -0.3 is 24.4 Å². The van der Waals surface area contributed by atoms with Crippen molar-refractivity contribution >= 4 is 33.1 Å². The van der Waals surface area contributed by atoms with Crippen LogP contribution in [0.2, 0.25) is 0 Å². The number of benzene rings is 3. The van der Waals surface area contributed by atoms with E-state index in [2.05, 4.69) is 0 Å². The average molecular weight is 569 g/mol. The number of ether oxygens (including phenoxy) is 3. The van der Waals surface area contributed by atoms with Crippen LogP contribution in [0.15, 0.2) is 65.1 Å². The summed E-state index contributed by atoms with van der Waals surface area (Å²) < 4.78 is 61.6. The highest BCUT2D eigenvalue weighted by Gasteiger charge is 2.35. The molecule has 0 saturated carbocycles. The molecule has 1 aromatic heterocycles. The van der Waals surface area contributed by atoms with Crippen molar-refractivity contribution < 1.29 is 41.0 Å². The Hall–Kier alpha value is -4.42. The van der Waals surface area contributed by atoms with Gasteiger partial charge in [-0.3, -0.25) is 0 Å². The molecule has 1 saturated heterocycles. The number of carbonyl (C=O) groups is 2. The third-order valence-electron chi connectivity index (χ3n) is 6.59. The molecule has 1 amide bonds. The van der Waals surface area contributed by atoms with E-state index >= 15 is 0 Å². The lowest BCUT2D eigenvalue weighted by Gasteiger charge is -2.24. The first kappa shape index (κ1) is 27.2. The molecule has 40 heavy (non-hydrogen) atoms. The molecule has 208 valence electrons. The number of furan rings is 1. The third-order valence-corrected chi connectivity index (χ3v) is 7.88. The number of rotatable bonds is 7. The number of amides is 1. The number of primary amides is 1. The fourth-order valence-electron chi connectivity index (χ4n) is 4.89. The van der Waals surface area contributed by atoms with Crippen molar-refractivity contribution in [2.45, 2.75) is 18.9 Å². The van der Waals surface area contributed by atoms with E-state index in [0.29, 0.717) is 47.8 Å². The molecule has 1 fully saturated rings. The van der Waals surface area contributed by atoms with Crippen LogP contribution in [-0.2, 0) is 14.8 Å². The van der Waals surface area contributed by atoms with Gasteiger partial charge in [0, 0.05) is 23.1 Å². The highest BCUT2D eigenvalue weighted by molar-refractivity contribution is 7.88. The molecule has 3 aromatic carbocycles. The lowest BCUT2D eigenvalue weighted by Crippen LogP contribution is -2.29. The van der Waals surface area contributed by atoms with Crippen molar-refractivity contribution in [2.24, 2.45) is 5.73 Å². The molecule has 1 atom stereocenters. The number of hydrogen-bond acceptors (Lipinski definition) is 8. The van der Waals surface area contributed by atoms with E-state index in [1.54, 1.807) is 36.4 Å². The molecule has 0 bridgehead atoms. The van der Waals surface area contributed by atoms with Crippen LogP contribution >= 0.6 is 0 Å². The number of nitrogens with zero attached hydrogens (tertiary/aromatic N) is 1. The molecule has 4 aromatic rings. The number of sulfonamides is 1. The Morgan fingerprint density at radius 2 is 1.70 bits per heavy atom. The average Bonchev–Trinajstić information content (AvgIpc) is 3.54. The number of fused-ring (bicyclic) bond motifs is 1. The van der Waals surface area contributed by atoms with Crippen molar-refractivity contribution in [3.05, 3.63) is 77.6 Å². The predicted molar refractivity (Wildman–Crippen MR) is 143 cm³/mol. The summed E-state index contributed by atoms with van der Waals surface area (Å²) in [5.74, 6) is -0.102. The second kappa shape index (κ2) is 10.6. The van der Waals surface area contributed by atoms with Gasteiger partial charge in [-0.1, -0.05) is 0 Å². The van der Waals surface area contributed by atoms with Crippen LogP contribution in [0.5, 0.6) is 17.2 Å². The van der Waals surface area contributed by atoms with Crippen molar-refractivity contribution in [3.63, 3.8) is 0 Å². The zero-order chi connectivity index (χ0) is 28.6. The van der Waals surface area contributed by atoms with Crippen LogP contribution in [0, 0.1) is 5.82 Å². The van der Waals surface area contributed by atoms with Crippen molar-refractivity contribution in [2.75, 3.05) is 19.9 Å². The van der Waals surface area contributed by atoms with Gasteiger partial charge in [0.05, 0.1) is 19.4 Å². The van der Waals surface area contributed by atoms with E-state index in [4.69, 9.17) is 24.4 Å². The molecular formula is C28H25FN2O8S. The minimum absolute atomic E-state index is 0.0581. The van der Waals surface area contributed by atoms with Crippen molar-refractivity contribution in [3.8, 4) is 28.6 Å². The summed E-state index contributed by atoms with van der Waals surface area (Å²) in [7, 11) is -2.05. The van der Waals surface area contributed by atoms with E-state index in [1.807, 2.05) is 0 Å². The van der Waals surface area contributed by atoms with E-state index in [9.17, 15) is 22.4 Å². The number of esters is 1. The predicted octanol–water partition coefficient (Wildman–Crippen LogP) is 5.37. The van der Waals surface area contributed by atoms with Crippen LogP contribution in [0.1, 0.15) is 34.8 Å². The van der Waals surface area contributed by atoms with Gasteiger partial charge in [-0.15, -0.1) is 0 Å². The van der Waals surface area contributed by atoms with Crippen molar-refractivity contribution in [1.82, 2.24) is 4.31 Å². The van der Waals surface area contributed by atoms with Crippen LogP contribution in [0.25, 0.3) is 22.3 Å². The summed E-state index contributed by atoms with van der Waals surface area (Å²) >= 11 is 0. The normalized spacial score (nSPS) is 15.7. The maximum atomic E-state index is 13.2. The Bertz CT molecular complexity index is 1700. The zero-order valence-corrected chi connectivity index (χ0v) is 22.4. The topological polar surface area (TPSA) is 138 Å². The fraction of sp³-hybridized carbons (Fsp3) is 0.214. The molecule has 1 aliphatic heterocycles. The molecule has 10 nitrogen and oxygen atoms in total. The van der Waals surface area contributed by atoms with Gasteiger partial charge in [0.25, 0.3) is 0 Å². The highest BCUT2D eigenvalue weighted by atomic mass is 32.2. The summed E-state index contributed by atoms with van der Waals surface area (Å²) in [6, 6.07) is 14.8. The number of hydrogen-bond donors (Lipinski definition) is 1. The van der Waals surface area contributed by atoms with Gasteiger partial charge in [0.1, 0.15) is 40.0 Å². The smallest absolute Gasteiger partial charge is 0.412 e. The standard InChI is InChI=1S/C28H25FN2O8S/c1-36-23-15-21-24(14-20(23)22-4-3-13-31(22)40(2,34)35)38-26(25(21)27(32)39-28(30)33)16-5-9-18(10-6-16)37-19-11-7-17(29)8-12-19/h5-12,14-15,22H,3-4,13H2,1-2H3,(H2,30,33). The number of methoxy groups -OCH3 is 1. The molecule has 2 heterocycles. The molecule has 1 aliphatic rings. The maximum absolute atomic E-state index is 13.2.